The van der Waals surface area contributed by atoms with Crippen molar-refractivity contribution in [1.82, 2.24) is 4.98 Å². The molecule has 0 unspecified atom stereocenters. The van der Waals surface area contributed by atoms with Crippen molar-refractivity contribution in [3.63, 3.8) is 0 Å². The van der Waals surface area contributed by atoms with Crippen LogP contribution in [-0.2, 0) is 4.79 Å². The number of anilines is 1. The quantitative estimate of drug-likeness (QED) is 0.421. The molecule has 7 heteroatoms. The molecule has 3 aromatic carbocycles. The molecule has 0 atom stereocenters. The summed E-state index contributed by atoms with van der Waals surface area (Å²) in [5.74, 6) is 1.54. The fraction of sp³-hybridized carbons (Fsp3) is 0.130. The molecule has 4 rings (SSSR count). The van der Waals surface area contributed by atoms with Gasteiger partial charge < -0.3 is 19.2 Å². The summed E-state index contributed by atoms with van der Waals surface area (Å²) in [6.07, 6.45) is 0. The van der Waals surface area contributed by atoms with Crippen molar-refractivity contribution >= 4 is 34.3 Å². The molecule has 0 aliphatic rings. The Kier molecular flexibility index (Phi) is 5.86. The molecule has 0 saturated carbocycles. The predicted molar refractivity (Wildman–Crippen MR) is 116 cm³/mol. The minimum atomic E-state index is -0.276. The second kappa shape index (κ2) is 8.88. The Morgan fingerprint density at radius 1 is 1.03 bits per heavy atom. The average molecular weight is 423 g/mol. The van der Waals surface area contributed by atoms with E-state index in [1.54, 1.807) is 54.6 Å². The van der Waals surface area contributed by atoms with E-state index in [1.807, 2.05) is 19.1 Å². The lowest BCUT2D eigenvalue weighted by atomic mass is 10.2. The van der Waals surface area contributed by atoms with Crippen LogP contribution in [0.25, 0.3) is 22.6 Å². The summed E-state index contributed by atoms with van der Waals surface area (Å²) in [7, 11) is 0. The first-order valence-corrected chi connectivity index (χ1v) is 9.80. The predicted octanol–water partition coefficient (Wildman–Crippen LogP) is 5.56. The van der Waals surface area contributed by atoms with Gasteiger partial charge in [-0.1, -0.05) is 17.7 Å². The number of ether oxygens (including phenoxy) is 2. The van der Waals surface area contributed by atoms with E-state index in [0.29, 0.717) is 40.1 Å². The van der Waals surface area contributed by atoms with Crippen molar-refractivity contribution in [2.45, 2.75) is 6.92 Å². The van der Waals surface area contributed by atoms with Crippen LogP contribution in [0.2, 0.25) is 5.02 Å². The smallest absolute Gasteiger partial charge is 0.262 e. The highest BCUT2D eigenvalue weighted by atomic mass is 35.5. The van der Waals surface area contributed by atoms with E-state index < -0.39 is 0 Å². The minimum Gasteiger partial charge on any atom is -0.494 e. The van der Waals surface area contributed by atoms with Gasteiger partial charge >= 0.3 is 0 Å². The molecule has 0 saturated heterocycles. The van der Waals surface area contributed by atoms with Gasteiger partial charge in [0.1, 0.15) is 17.0 Å². The fourth-order valence-corrected chi connectivity index (χ4v) is 3.09. The summed E-state index contributed by atoms with van der Waals surface area (Å²) in [4.78, 5) is 16.7. The van der Waals surface area contributed by atoms with Crippen molar-refractivity contribution < 1.29 is 18.7 Å². The van der Waals surface area contributed by atoms with E-state index in [-0.39, 0.29) is 12.5 Å². The number of carbonyl (C=O) groups is 1. The second-order valence-corrected chi connectivity index (χ2v) is 6.89. The molecule has 4 aromatic rings. The molecule has 0 radical (unpaired) electrons. The molecule has 152 valence electrons. The molecule has 0 aliphatic heterocycles. The third kappa shape index (κ3) is 4.72. The molecule has 0 spiro atoms. The van der Waals surface area contributed by atoms with Gasteiger partial charge in [-0.15, -0.1) is 0 Å². The lowest BCUT2D eigenvalue weighted by Crippen LogP contribution is -2.20. The number of hydrogen-bond donors (Lipinski definition) is 1. The van der Waals surface area contributed by atoms with Crippen LogP contribution < -0.4 is 14.8 Å². The molecular weight excluding hydrogens is 404 g/mol. The molecule has 1 N–H and O–H groups in total. The number of halogens is 1. The number of fused-ring (bicyclic) bond motifs is 1. The Morgan fingerprint density at radius 3 is 2.53 bits per heavy atom. The molecular formula is C23H19ClN2O4. The second-order valence-electron chi connectivity index (χ2n) is 6.45. The maximum absolute atomic E-state index is 12.2. The molecule has 1 heterocycles. The summed E-state index contributed by atoms with van der Waals surface area (Å²) in [5, 5.41) is 3.41. The van der Waals surface area contributed by atoms with E-state index in [4.69, 9.17) is 25.5 Å². The zero-order valence-corrected chi connectivity index (χ0v) is 17.0. The van der Waals surface area contributed by atoms with Gasteiger partial charge in [0.25, 0.3) is 5.91 Å². The highest BCUT2D eigenvalue weighted by Gasteiger charge is 2.11. The normalized spacial score (nSPS) is 10.7. The van der Waals surface area contributed by atoms with Crippen molar-refractivity contribution in [3.05, 3.63) is 71.8 Å². The molecule has 0 fully saturated rings. The van der Waals surface area contributed by atoms with Gasteiger partial charge in [-0.25, -0.2) is 4.98 Å². The fourth-order valence-electron chi connectivity index (χ4n) is 2.89. The highest BCUT2D eigenvalue weighted by molar-refractivity contribution is 6.30. The van der Waals surface area contributed by atoms with Crippen LogP contribution in [0, 0.1) is 0 Å². The zero-order valence-electron chi connectivity index (χ0n) is 16.2. The van der Waals surface area contributed by atoms with Gasteiger partial charge in [0.05, 0.1) is 6.61 Å². The number of aromatic nitrogens is 1. The molecule has 6 nitrogen and oxygen atoms in total. The number of amides is 1. The third-order valence-electron chi connectivity index (χ3n) is 4.25. The Morgan fingerprint density at radius 2 is 1.80 bits per heavy atom. The number of carbonyl (C=O) groups excluding carboxylic acids is 1. The van der Waals surface area contributed by atoms with Crippen LogP contribution in [0.1, 0.15) is 6.92 Å². The van der Waals surface area contributed by atoms with Crippen LogP contribution in [-0.4, -0.2) is 24.1 Å². The summed E-state index contributed by atoms with van der Waals surface area (Å²) in [5.41, 5.74) is 2.64. The number of benzene rings is 3. The van der Waals surface area contributed by atoms with E-state index in [9.17, 15) is 4.79 Å². The van der Waals surface area contributed by atoms with Gasteiger partial charge in [-0.05, 0) is 67.6 Å². The number of nitrogens with zero attached hydrogens (tertiary/aromatic N) is 1. The maximum Gasteiger partial charge on any atom is 0.262 e. The van der Waals surface area contributed by atoms with E-state index in [2.05, 4.69) is 10.3 Å². The minimum absolute atomic E-state index is 0.113. The van der Waals surface area contributed by atoms with Gasteiger partial charge in [-0.2, -0.15) is 0 Å². The summed E-state index contributed by atoms with van der Waals surface area (Å²) in [6.45, 7) is 2.40. The summed E-state index contributed by atoms with van der Waals surface area (Å²) >= 11 is 6.04. The molecule has 1 aromatic heterocycles. The van der Waals surface area contributed by atoms with Crippen molar-refractivity contribution in [2.75, 3.05) is 18.5 Å². The summed E-state index contributed by atoms with van der Waals surface area (Å²) in [6, 6.07) is 19.7. The molecule has 0 bridgehead atoms. The molecule has 1 amide bonds. The Hall–Kier alpha value is -3.51. The van der Waals surface area contributed by atoms with Gasteiger partial charge in [-0.3, -0.25) is 4.79 Å². The van der Waals surface area contributed by atoms with Gasteiger partial charge in [0.2, 0.25) is 5.89 Å². The third-order valence-corrected chi connectivity index (χ3v) is 4.48. The Labute approximate surface area is 178 Å². The first-order valence-electron chi connectivity index (χ1n) is 9.43. The van der Waals surface area contributed by atoms with E-state index in [0.717, 1.165) is 11.3 Å². The number of rotatable bonds is 7. The summed E-state index contributed by atoms with van der Waals surface area (Å²) < 4.78 is 16.7. The first-order chi connectivity index (χ1) is 14.6. The number of nitrogens with one attached hydrogen (secondary N) is 1. The van der Waals surface area contributed by atoms with Crippen LogP contribution >= 0.6 is 11.6 Å². The molecule has 0 aliphatic carbocycles. The topological polar surface area (TPSA) is 73.6 Å². The van der Waals surface area contributed by atoms with Crippen molar-refractivity contribution in [2.24, 2.45) is 0 Å². The highest BCUT2D eigenvalue weighted by Crippen LogP contribution is 2.27. The largest absolute Gasteiger partial charge is 0.494 e. The Bertz CT molecular complexity index is 1170. The number of hydrogen-bond acceptors (Lipinski definition) is 5. The van der Waals surface area contributed by atoms with E-state index in [1.165, 1.54) is 0 Å². The first kappa shape index (κ1) is 19.8. The zero-order chi connectivity index (χ0) is 20.9. The monoisotopic (exact) mass is 422 g/mol. The van der Waals surface area contributed by atoms with E-state index >= 15 is 0 Å². The standard InChI is InChI=1S/C23H19ClN2O4/c1-2-28-18-7-9-19(10-8-18)29-14-22(27)25-17-6-11-21-20(13-17)26-23(30-21)15-4-3-5-16(24)12-15/h3-13H,2,14H2,1H3,(H,25,27). The molecule has 30 heavy (non-hydrogen) atoms. The van der Waals surface area contributed by atoms with Crippen LogP contribution in [0.4, 0.5) is 5.69 Å². The maximum atomic E-state index is 12.2. The SMILES string of the molecule is CCOc1ccc(OCC(=O)Nc2ccc3oc(-c4cccc(Cl)c4)nc3c2)cc1. The lowest BCUT2D eigenvalue weighted by Gasteiger charge is -2.08. The van der Waals surface area contributed by atoms with Crippen LogP contribution in [0.15, 0.2) is 71.1 Å². The van der Waals surface area contributed by atoms with Gasteiger partial charge in [0.15, 0.2) is 12.2 Å². The van der Waals surface area contributed by atoms with Crippen molar-refractivity contribution in [1.29, 1.82) is 0 Å². The van der Waals surface area contributed by atoms with Gasteiger partial charge in [0, 0.05) is 16.3 Å². The average Bonchev–Trinajstić information content (AvgIpc) is 3.17. The lowest BCUT2D eigenvalue weighted by molar-refractivity contribution is -0.118. The van der Waals surface area contributed by atoms with Crippen molar-refractivity contribution in [3.8, 4) is 23.0 Å². The Balaban J connectivity index is 1.40. The number of oxazole rings is 1. The van der Waals surface area contributed by atoms with Crippen LogP contribution in [0.3, 0.4) is 0 Å². The van der Waals surface area contributed by atoms with Crippen LogP contribution in [0.5, 0.6) is 11.5 Å².